The summed E-state index contributed by atoms with van der Waals surface area (Å²) in [4.78, 5) is 9.20. The van der Waals surface area contributed by atoms with Crippen molar-refractivity contribution in [3.63, 3.8) is 0 Å². The first-order valence-electron chi connectivity index (χ1n) is 8.96. The predicted octanol–water partition coefficient (Wildman–Crippen LogP) is 3.90. The second-order valence-electron chi connectivity index (χ2n) is 6.59. The van der Waals surface area contributed by atoms with Crippen LogP contribution in [0.2, 0.25) is 5.02 Å². The molecule has 1 aliphatic rings. The Hall–Kier alpha value is -2.86. The number of piperazine rings is 1. The van der Waals surface area contributed by atoms with E-state index in [2.05, 4.69) is 55.4 Å². The number of benzene rings is 2. The summed E-state index contributed by atoms with van der Waals surface area (Å²) in [5, 5.41) is 12.2. The maximum Gasteiger partial charge on any atom is 0.249 e. The van der Waals surface area contributed by atoms with Gasteiger partial charge in [-0.25, -0.2) is 0 Å². The van der Waals surface area contributed by atoms with Crippen LogP contribution in [0, 0.1) is 6.92 Å². The molecule has 1 N–H and O–H groups in total. The van der Waals surface area contributed by atoms with Crippen LogP contribution in [0.5, 0.6) is 0 Å². The van der Waals surface area contributed by atoms with Crippen molar-refractivity contribution in [1.82, 2.24) is 15.2 Å². The van der Waals surface area contributed by atoms with Gasteiger partial charge >= 0.3 is 0 Å². The molecule has 4 rings (SSSR count). The number of rotatable bonds is 4. The molecule has 0 amide bonds. The molecule has 1 fully saturated rings. The molecular weight excluding hydrogens is 360 g/mol. The molecule has 0 aliphatic carbocycles. The number of halogens is 1. The largest absolute Gasteiger partial charge is 0.368 e. The fourth-order valence-corrected chi connectivity index (χ4v) is 3.40. The lowest BCUT2D eigenvalue weighted by molar-refractivity contribution is 0.645. The summed E-state index contributed by atoms with van der Waals surface area (Å²) < 4.78 is 0. The summed E-state index contributed by atoms with van der Waals surface area (Å²) >= 11 is 6.11. The third-order valence-corrected chi connectivity index (χ3v) is 4.83. The average Bonchev–Trinajstić information content (AvgIpc) is 2.68. The van der Waals surface area contributed by atoms with Crippen LogP contribution in [0.4, 0.5) is 23.1 Å². The van der Waals surface area contributed by atoms with Crippen LogP contribution in [-0.4, -0.2) is 41.4 Å². The summed E-state index contributed by atoms with van der Waals surface area (Å²) in [7, 11) is 0. The molecule has 0 radical (unpaired) electrons. The molecule has 2 aromatic carbocycles. The Bertz CT molecular complexity index is 924. The van der Waals surface area contributed by atoms with Crippen LogP contribution in [0.1, 0.15) is 5.56 Å². The molecule has 138 valence electrons. The van der Waals surface area contributed by atoms with Gasteiger partial charge in [0.1, 0.15) is 0 Å². The van der Waals surface area contributed by atoms with E-state index in [1.54, 1.807) is 6.20 Å². The fraction of sp³-hybridized carbons (Fsp3) is 0.250. The monoisotopic (exact) mass is 380 g/mol. The Morgan fingerprint density at radius 2 is 1.74 bits per heavy atom. The van der Waals surface area contributed by atoms with E-state index in [9.17, 15) is 0 Å². The summed E-state index contributed by atoms with van der Waals surface area (Å²) in [6.07, 6.45) is 1.72. The third kappa shape index (κ3) is 4.28. The van der Waals surface area contributed by atoms with Crippen molar-refractivity contribution in [2.45, 2.75) is 6.92 Å². The first-order valence-corrected chi connectivity index (χ1v) is 9.34. The smallest absolute Gasteiger partial charge is 0.249 e. The van der Waals surface area contributed by atoms with Crippen LogP contribution in [0.15, 0.2) is 54.7 Å². The Labute approximate surface area is 163 Å². The Morgan fingerprint density at radius 3 is 2.52 bits per heavy atom. The lowest BCUT2D eigenvalue weighted by Gasteiger charge is -2.36. The molecule has 1 saturated heterocycles. The second kappa shape index (κ2) is 7.80. The van der Waals surface area contributed by atoms with Gasteiger partial charge in [0.2, 0.25) is 5.95 Å². The zero-order valence-corrected chi connectivity index (χ0v) is 15.9. The lowest BCUT2D eigenvalue weighted by atomic mass is 10.2. The predicted molar refractivity (Wildman–Crippen MR) is 110 cm³/mol. The summed E-state index contributed by atoms with van der Waals surface area (Å²) in [5.41, 5.74) is 3.30. The first kappa shape index (κ1) is 17.5. The Balaban J connectivity index is 1.42. The van der Waals surface area contributed by atoms with Crippen LogP contribution < -0.4 is 15.1 Å². The lowest BCUT2D eigenvalue weighted by Crippen LogP contribution is -2.46. The second-order valence-corrected chi connectivity index (χ2v) is 7.02. The third-order valence-electron chi connectivity index (χ3n) is 4.60. The average molecular weight is 381 g/mol. The number of anilines is 4. The van der Waals surface area contributed by atoms with Crippen LogP contribution in [-0.2, 0) is 0 Å². The summed E-state index contributed by atoms with van der Waals surface area (Å²) in [5.74, 6) is 1.35. The molecule has 2 heterocycles. The van der Waals surface area contributed by atoms with Gasteiger partial charge in [-0.15, -0.1) is 5.10 Å². The van der Waals surface area contributed by atoms with Gasteiger partial charge in [0.25, 0.3) is 0 Å². The number of hydrogen-bond donors (Lipinski definition) is 1. The van der Waals surface area contributed by atoms with Gasteiger partial charge in [0, 0.05) is 42.6 Å². The van der Waals surface area contributed by atoms with Crippen molar-refractivity contribution in [1.29, 1.82) is 0 Å². The minimum atomic E-state index is 0.510. The van der Waals surface area contributed by atoms with Crippen molar-refractivity contribution in [3.05, 3.63) is 65.3 Å². The minimum absolute atomic E-state index is 0.510. The van der Waals surface area contributed by atoms with Gasteiger partial charge in [0.05, 0.1) is 6.20 Å². The Kier molecular flexibility index (Phi) is 5.07. The molecule has 0 unspecified atom stereocenters. The number of nitrogens with zero attached hydrogens (tertiary/aromatic N) is 5. The number of hydrogen-bond acceptors (Lipinski definition) is 6. The summed E-state index contributed by atoms with van der Waals surface area (Å²) in [6, 6.07) is 16.1. The molecule has 3 aromatic rings. The standard InChI is InChI=1S/C20H21ClN6/c1-15-4-2-6-17(12-15)23-20-24-19(14-22-25-20)27-10-8-26(9-11-27)18-7-3-5-16(21)13-18/h2-7,12-14H,8-11H2,1H3,(H,23,24,25). The zero-order valence-electron chi connectivity index (χ0n) is 15.1. The number of nitrogens with one attached hydrogen (secondary N) is 1. The van der Waals surface area contributed by atoms with Crippen molar-refractivity contribution in [2.24, 2.45) is 0 Å². The van der Waals surface area contributed by atoms with E-state index in [4.69, 9.17) is 11.6 Å². The van der Waals surface area contributed by atoms with Gasteiger partial charge in [-0.1, -0.05) is 29.8 Å². The van der Waals surface area contributed by atoms with Crippen molar-refractivity contribution in [2.75, 3.05) is 41.3 Å². The highest BCUT2D eigenvalue weighted by atomic mass is 35.5. The number of aryl methyl sites for hydroxylation is 1. The normalized spacial score (nSPS) is 14.3. The maximum absolute atomic E-state index is 6.11. The van der Waals surface area contributed by atoms with E-state index in [1.165, 1.54) is 5.56 Å². The molecule has 0 saturated carbocycles. The molecule has 6 nitrogen and oxygen atoms in total. The van der Waals surface area contributed by atoms with E-state index in [0.717, 1.165) is 48.4 Å². The molecule has 27 heavy (non-hydrogen) atoms. The Morgan fingerprint density at radius 1 is 0.963 bits per heavy atom. The highest BCUT2D eigenvalue weighted by Gasteiger charge is 2.19. The quantitative estimate of drug-likeness (QED) is 0.740. The van der Waals surface area contributed by atoms with Gasteiger partial charge in [-0.05, 0) is 42.8 Å². The minimum Gasteiger partial charge on any atom is -0.368 e. The van der Waals surface area contributed by atoms with E-state index >= 15 is 0 Å². The zero-order chi connectivity index (χ0) is 18.6. The molecule has 1 aliphatic heterocycles. The highest BCUT2D eigenvalue weighted by molar-refractivity contribution is 6.30. The molecule has 0 spiro atoms. The van der Waals surface area contributed by atoms with Crippen molar-refractivity contribution >= 4 is 34.7 Å². The first-order chi connectivity index (χ1) is 13.2. The van der Waals surface area contributed by atoms with Crippen LogP contribution in [0.25, 0.3) is 0 Å². The fourth-order valence-electron chi connectivity index (χ4n) is 3.22. The molecule has 1 aromatic heterocycles. The van der Waals surface area contributed by atoms with E-state index in [0.29, 0.717) is 5.95 Å². The molecule has 0 bridgehead atoms. The molecule has 0 atom stereocenters. The van der Waals surface area contributed by atoms with E-state index in [1.807, 2.05) is 30.3 Å². The van der Waals surface area contributed by atoms with E-state index < -0.39 is 0 Å². The van der Waals surface area contributed by atoms with E-state index in [-0.39, 0.29) is 0 Å². The topological polar surface area (TPSA) is 57.2 Å². The summed E-state index contributed by atoms with van der Waals surface area (Å²) in [6.45, 7) is 5.61. The maximum atomic E-state index is 6.11. The van der Waals surface area contributed by atoms with Gasteiger partial charge in [-0.3, -0.25) is 0 Å². The van der Waals surface area contributed by atoms with Gasteiger partial charge in [0.15, 0.2) is 5.82 Å². The highest BCUT2D eigenvalue weighted by Crippen LogP contribution is 2.23. The van der Waals surface area contributed by atoms with Crippen molar-refractivity contribution in [3.8, 4) is 0 Å². The number of aromatic nitrogens is 3. The van der Waals surface area contributed by atoms with Crippen LogP contribution in [0.3, 0.4) is 0 Å². The molecule has 7 heteroatoms. The van der Waals surface area contributed by atoms with Crippen LogP contribution >= 0.6 is 11.6 Å². The van der Waals surface area contributed by atoms with Gasteiger partial charge in [-0.2, -0.15) is 10.1 Å². The molecular formula is C20H21ClN6. The van der Waals surface area contributed by atoms with Crippen molar-refractivity contribution < 1.29 is 0 Å². The van der Waals surface area contributed by atoms with Gasteiger partial charge < -0.3 is 15.1 Å². The SMILES string of the molecule is Cc1cccc(Nc2nncc(N3CCN(c4cccc(Cl)c4)CC3)n2)c1.